The maximum Gasteiger partial charge on any atom is 0.0995 e. The van der Waals surface area contributed by atoms with Crippen LogP contribution in [-0.4, -0.2) is 18.1 Å². The molecular formula is C13H17N3. The molecule has 0 bridgehead atoms. The molecule has 0 amide bonds. The Labute approximate surface area is 96.7 Å². The third-order valence-corrected chi connectivity index (χ3v) is 2.99. The predicted octanol–water partition coefficient (Wildman–Crippen LogP) is 2.05. The fourth-order valence-corrected chi connectivity index (χ4v) is 2.03. The number of rotatable bonds is 3. The number of nitrogens with one attached hydrogen (secondary N) is 1. The molecule has 84 valence electrons. The summed E-state index contributed by atoms with van der Waals surface area (Å²) in [6.45, 7) is 2.99. The zero-order valence-corrected chi connectivity index (χ0v) is 9.45. The van der Waals surface area contributed by atoms with Crippen molar-refractivity contribution in [2.24, 2.45) is 0 Å². The molecule has 0 saturated carbocycles. The van der Waals surface area contributed by atoms with Gasteiger partial charge in [0.1, 0.15) is 0 Å². The molecule has 2 rings (SSSR count). The van der Waals surface area contributed by atoms with Gasteiger partial charge in [0.05, 0.1) is 11.6 Å². The average molecular weight is 215 g/mol. The third kappa shape index (κ3) is 2.82. The zero-order valence-electron chi connectivity index (χ0n) is 9.45. The molecule has 0 aromatic heterocycles. The van der Waals surface area contributed by atoms with Crippen molar-refractivity contribution in [2.45, 2.75) is 25.8 Å². The summed E-state index contributed by atoms with van der Waals surface area (Å²) in [5.74, 6) is 0. The van der Waals surface area contributed by atoms with E-state index in [-0.39, 0.29) is 0 Å². The fourth-order valence-electron chi connectivity index (χ4n) is 2.03. The Balaban J connectivity index is 1.91. The Morgan fingerprint density at radius 3 is 2.69 bits per heavy atom. The molecule has 1 aromatic carbocycles. The first kappa shape index (κ1) is 11.1. The lowest BCUT2D eigenvalue weighted by atomic mass is 10.1. The molecule has 1 aliphatic rings. The zero-order chi connectivity index (χ0) is 11.2. The Kier molecular flexibility index (Phi) is 3.92. The summed E-state index contributed by atoms with van der Waals surface area (Å²) in [6.07, 6.45) is 3.88. The first-order valence-electron chi connectivity index (χ1n) is 5.86. The highest BCUT2D eigenvalue weighted by Gasteiger charge is 2.09. The van der Waals surface area contributed by atoms with Crippen LogP contribution in [0.1, 0.15) is 30.4 Å². The summed E-state index contributed by atoms with van der Waals surface area (Å²) < 4.78 is 0. The topological polar surface area (TPSA) is 39.1 Å². The molecule has 1 aromatic rings. The molecule has 0 spiro atoms. The molecule has 1 aliphatic heterocycles. The lowest BCUT2D eigenvalue weighted by molar-refractivity contribution is 0.151. The molecule has 0 unspecified atom stereocenters. The number of hydrogen-bond donors (Lipinski definition) is 1. The van der Waals surface area contributed by atoms with Gasteiger partial charge in [-0.15, -0.1) is 0 Å². The molecule has 1 saturated heterocycles. The monoisotopic (exact) mass is 215 g/mol. The Bertz CT molecular complexity index is 375. The van der Waals surface area contributed by atoms with Crippen LogP contribution in [-0.2, 0) is 6.54 Å². The van der Waals surface area contributed by atoms with Crippen molar-refractivity contribution in [3.8, 4) is 6.07 Å². The minimum absolute atomic E-state index is 0.754. The minimum atomic E-state index is 0.754. The van der Waals surface area contributed by atoms with E-state index in [1.54, 1.807) is 0 Å². The second kappa shape index (κ2) is 5.64. The lowest BCUT2D eigenvalue weighted by Gasteiger charge is -2.27. The van der Waals surface area contributed by atoms with E-state index in [0.29, 0.717) is 0 Å². The maximum atomic E-state index is 8.96. The largest absolute Gasteiger partial charge is 0.251 e. The summed E-state index contributed by atoms with van der Waals surface area (Å²) in [5, 5.41) is 11.2. The summed E-state index contributed by atoms with van der Waals surface area (Å²) >= 11 is 0. The van der Waals surface area contributed by atoms with Crippen molar-refractivity contribution >= 4 is 0 Å². The van der Waals surface area contributed by atoms with Crippen LogP contribution in [0.4, 0.5) is 0 Å². The van der Waals surface area contributed by atoms with Gasteiger partial charge in [-0.2, -0.15) is 5.26 Å². The highest BCUT2D eigenvalue weighted by molar-refractivity contribution is 5.37. The van der Waals surface area contributed by atoms with Gasteiger partial charge in [-0.25, -0.2) is 5.01 Å². The van der Waals surface area contributed by atoms with E-state index >= 15 is 0 Å². The second-order valence-corrected chi connectivity index (χ2v) is 4.15. The van der Waals surface area contributed by atoms with Gasteiger partial charge >= 0.3 is 0 Å². The smallest absolute Gasteiger partial charge is 0.0995 e. The summed E-state index contributed by atoms with van der Waals surface area (Å²) in [5.41, 5.74) is 5.24. The van der Waals surface area contributed by atoms with Crippen molar-refractivity contribution in [1.82, 2.24) is 10.4 Å². The second-order valence-electron chi connectivity index (χ2n) is 4.15. The van der Waals surface area contributed by atoms with E-state index in [9.17, 15) is 0 Å². The first-order valence-corrected chi connectivity index (χ1v) is 5.86. The summed E-state index contributed by atoms with van der Waals surface area (Å²) in [4.78, 5) is 0. The summed E-state index contributed by atoms with van der Waals surface area (Å²) in [6, 6.07) is 9.99. The minimum Gasteiger partial charge on any atom is -0.251 e. The van der Waals surface area contributed by atoms with Gasteiger partial charge < -0.3 is 0 Å². The van der Waals surface area contributed by atoms with E-state index in [2.05, 4.69) is 16.5 Å². The van der Waals surface area contributed by atoms with Crippen LogP contribution in [0.25, 0.3) is 0 Å². The standard InChI is InChI=1S/C13H17N3/c14-10-12-6-2-3-7-13(12)11-15-16-8-4-1-5-9-16/h2-3,6-7,15H,1,4-5,8-9,11H2. The SMILES string of the molecule is N#Cc1ccccc1CNN1CCCCC1. The predicted molar refractivity (Wildman–Crippen MR) is 63.4 cm³/mol. The Morgan fingerprint density at radius 2 is 1.94 bits per heavy atom. The van der Waals surface area contributed by atoms with E-state index in [4.69, 9.17) is 5.26 Å². The molecular weight excluding hydrogens is 198 g/mol. The number of hydrogen-bond acceptors (Lipinski definition) is 3. The molecule has 0 radical (unpaired) electrons. The highest BCUT2D eigenvalue weighted by Crippen LogP contribution is 2.09. The van der Waals surface area contributed by atoms with Gasteiger partial charge in [0, 0.05) is 19.6 Å². The van der Waals surface area contributed by atoms with Crippen molar-refractivity contribution in [2.75, 3.05) is 13.1 Å². The first-order chi connectivity index (χ1) is 7.90. The molecule has 16 heavy (non-hydrogen) atoms. The number of nitriles is 1. The average Bonchev–Trinajstić information content (AvgIpc) is 2.38. The van der Waals surface area contributed by atoms with Crippen molar-refractivity contribution in [3.63, 3.8) is 0 Å². The van der Waals surface area contributed by atoms with Crippen LogP contribution < -0.4 is 5.43 Å². The number of hydrazine groups is 1. The van der Waals surface area contributed by atoms with Crippen molar-refractivity contribution in [3.05, 3.63) is 35.4 Å². The Morgan fingerprint density at radius 1 is 1.19 bits per heavy atom. The van der Waals surface area contributed by atoms with E-state index in [0.717, 1.165) is 30.8 Å². The van der Waals surface area contributed by atoms with Gasteiger partial charge in [0.15, 0.2) is 0 Å². The number of nitrogens with zero attached hydrogens (tertiary/aromatic N) is 2. The fraction of sp³-hybridized carbons (Fsp3) is 0.462. The van der Waals surface area contributed by atoms with E-state index in [1.807, 2.05) is 24.3 Å². The van der Waals surface area contributed by atoms with Gasteiger partial charge in [-0.05, 0) is 24.5 Å². The normalized spacial score (nSPS) is 16.9. The maximum absolute atomic E-state index is 8.96. The molecule has 1 N–H and O–H groups in total. The lowest BCUT2D eigenvalue weighted by Crippen LogP contribution is -2.41. The van der Waals surface area contributed by atoms with E-state index in [1.165, 1.54) is 19.3 Å². The van der Waals surface area contributed by atoms with Gasteiger partial charge in [-0.3, -0.25) is 5.43 Å². The van der Waals surface area contributed by atoms with Crippen molar-refractivity contribution in [1.29, 1.82) is 5.26 Å². The van der Waals surface area contributed by atoms with Crippen LogP contribution in [0.2, 0.25) is 0 Å². The van der Waals surface area contributed by atoms with Gasteiger partial charge in [0.25, 0.3) is 0 Å². The van der Waals surface area contributed by atoms with Crippen LogP contribution in [0, 0.1) is 11.3 Å². The molecule has 3 heteroatoms. The number of piperidine rings is 1. The van der Waals surface area contributed by atoms with Crippen LogP contribution >= 0.6 is 0 Å². The number of benzene rings is 1. The third-order valence-electron chi connectivity index (χ3n) is 2.99. The highest BCUT2D eigenvalue weighted by atomic mass is 15.5. The van der Waals surface area contributed by atoms with E-state index < -0.39 is 0 Å². The Hall–Kier alpha value is -1.37. The van der Waals surface area contributed by atoms with Crippen LogP contribution in [0.3, 0.4) is 0 Å². The van der Waals surface area contributed by atoms with Crippen LogP contribution in [0.15, 0.2) is 24.3 Å². The van der Waals surface area contributed by atoms with Crippen LogP contribution in [0.5, 0.6) is 0 Å². The summed E-state index contributed by atoms with van der Waals surface area (Å²) in [7, 11) is 0. The molecule has 1 heterocycles. The molecule has 3 nitrogen and oxygen atoms in total. The molecule has 0 aliphatic carbocycles. The molecule has 1 fully saturated rings. The van der Waals surface area contributed by atoms with Gasteiger partial charge in [0.2, 0.25) is 0 Å². The van der Waals surface area contributed by atoms with Gasteiger partial charge in [-0.1, -0.05) is 24.6 Å². The van der Waals surface area contributed by atoms with Crippen molar-refractivity contribution < 1.29 is 0 Å². The quantitative estimate of drug-likeness (QED) is 0.838. The molecule has 0 atom stereocenters.